The summed E-state index contributed by atoms with van der Waals surface area (Å²) < 4.78 is 6.67. The number of rotatable bonds is 7. The summed E-state index contributed by atoms with van der Waals surface area (Å²) in [4.78, 5) is 0. The smallest absolute Gasteiger partial charge is 0.134 e. The largest absolute Gasteiger partial charge is 0.488 e. The maximum Gasteiger partial charge on any atom is 0.134 e. The van der Waals surface area contributed by atoms with E-state index in [0.717, 1.165) is 35.3 Å². The summed E-state index contributed by atoms with van der Waals surface area (Å²) in [5, 5.41) is 4.02. The molecule has 0 aliphatic rings. The lowest BCUT2D eigenvalue weighted by atomic mass is 10.1. The van der Waals surface area contributed by atoms with Crippen molar-refractivity contribution in [2.75, 3.05) is 13.1 Å². The molecule has 2 aromatic carbocycles. The second kappa shape index (κ2) is 8.42. The third-order valence-corrected chi connectivity index (χ3v) is 4.01. The first kappa shape index (κ1) is 16.3. The normalized spacial score (nSPS) is 10.6. The molecule has 2 rings (SSSR count). The number of ether oxygens (including phenoxy) is 1. The molecule has 0 amide bonds. The lowest BCUT2D eigenvalue weighted by molar-refractivity contribution is 0.304. The molecule has 0 radical (unpaired) electrons. The van der Waals surface area contributed by atoms with Crippen LogP contribution in [0.5, 0.6) is 5.75 Å². The summed E-state index contributed by atoms with van der Waals surface area (Å²) in [7, 11) is 0. The first-order valence-corrected chi connectivity index (χ1v) is 8.22. The quantitative estimate of drug-likeness (QED) is 0.707. The van der Waals surface area contributed by atoms with Crippen molar-refractivity contribution < 1.29 is 4.74 Å². The summed E-state index contributed by atoms with van der Waals surface area (Å²) in [6.45, 7) is 4.70. The van der Waals surface area contributed by atoms with Crippen LogP contribution in [0, 0.1) is 0 Å². The van der Waals surface area contributed by atoms with Crippen LogP contribution in [0.2, 0.25) is 5.02 Å². The van der Waals surface area contributed by atoms with Crippen LogP contribution in [0.15, 0.2) is 46.9 Å². The number of nitrogens with one attached hydrogen (secondary N) is 1. The van der Waals surface area contributed by atoms with Gasteiger partial charge in [-0.1, -0.05) is 42.8 Å². The first-order chi connectivity index (χ1) is 10.2. The molecule has 2 aromatic rings. The fraction of sp³-hybridized carbons (Fsp3) is 0.294. The molecule has 0 aromatic heterocycles. The molecule has 0 spiro atoms. The van der Waals surface area contributed by atoms with E-state index in [-0.39, 0.29) is 0 Å². The van der Waals surface area contributed by atoms with Gasteiger partial charge in [-0.05, 0) is 64.8 Å². The van der Waals surface area contributed by atoms with E-state index >= 15 is 0 Å². The molecule has 0 unspecified atom stereocenters. The fourth-order valence-electron chi connectivity index (χ4n) is 1.97. The Kier molecular flexibility index (Phi) is 6.55. The average molecular weight is 369 g/mol. The third kappa shape index (κ3) is 5.34. The minimum Gasteiger partial charge on any atom is -0.488 e. The fourth-order valence-corrected chi connectivity index (χ4v) is 2.76. The highest BCUT2D eigenvalue weighted by molar-refractivity contribution is 9.10. The lowest BCUT2D eigenvalue weighted by Crippen LogP contribution is -2.15. The molecule has 0 saturated carbocycles. The monoisotopic (exact) mass is 367 g/mol. The van der Waals surface area contributed by atoms with Crippen LogP contribution in [-0.4, -0.2) is 13.1 Å². The highest BCUT2D eigenvalue weighted by Crippen LogP contribution is 2.28. The van der Waals surface area contributed by atoms with Crippen LogP contribution >= 0.6 is 27.5 Å². The summed E-state index contributed by atoms with van der Waals surface area (Å²) in [6, 6.07) is 14.1. The van der Waals surface area contributed by atoms with Crippen molar-refractivity contribution in [2.24, 2.45) is 0 Å². The van der Waals surface area contributed by atoms with Gasteiger partial charge in [0, 0.05) is 5.02 Å². The van der Waals surface area contributed by atoms with E-state index in [1.165, 1.54) is 5.56 Å². The molecule has 1 N–H and O–H groups in total. The zero-order chi connectivity index (χ0) is 15.1. The molecular weight excluding hydrogens is 350 g/mol. The Morgan fingerprint density at radius 3 is 2.48 bits per heavy atom. The highest BCUT2D eigenvalue weighted by atomic mass is 79.9. The van der Waals surface area contributed by atoms with Crippen molar-refractivity contribution in [3.63, 3.8) is 0 Å². The van der Waals surface area contributed by atoms with Crippen LogP contribution in [-0.2, 0) is 13.0 Å². The van der Waals surface area contributed by atoms with Gasteiger partial charge in [0.2, 0.25) is 0 Å². The van der Waals surface area contributed by atoms with E-state index in [4.69, 9.17) is 16.3 Å². The van der Waals surface area contributed by atoms with Crippen molar-refractivity contribution in [1.82, 2.24) is 5.32 Å². The van der Waals surface area contributed by atoms with Gasteiger partial charge in [-0.2, -0.15) is 0 Å². The minimum atomic E-state index is 0.549. The van der Waals surface area contributed by atoms with Gasteiger partial charge in [0.1, 0.15) is 12.4 Å². The Balaban J connectivity index is 1.88. The van der Waals surface area contributed by atoms with Gasteiger partial charge in [0.05, 0.1) is 4.47 Å². The Hall–Kier alpha value is -1.03. The Labute approximate surface area is 139 Å². The summed E-state index contributed by atoms with van der Waals surface area (Å²) >= 11 is 9.36. The molecule has 0 bridgehead atoms. The Morgan fingerprint density at radius 1 is 1.10 bits per heavy atom. The Bertz CT molecular complexity index is 572. The van der Waals surface area contributed by atoms with E-state index in [0.29, 0.717) is 11.6 Å². The van der Waals surface area contributed by atoms with Crippen molar-refractivity contribution >= 4 is 27.5 Å². The van der Waals surface area contributed by atoms with E-state index < -0.39 is 0 Å². The van der Waals surface area contributed by atoms with Crippen molar-refractivity contribution in [2.45, 2.75) is 20.0 Å². The lowest BCUT2D eigenvalue weighted by Gasteiger charge is -2.09. The number of hydrogen-bond acceptors (Lipinski definition) is 2. The SMILES string of the molecule is CCNCCc1ccc(COc2ccc(Cl)cc2Br)cc1. The minimum absolute atomic E-state index is 0.549. The van der Waals surface area contributed by atoms with Crippen LogP contribution < -0.4 is 10.1 Å². The van der Waals surface area contributed by atoms with Crippen LogP contribution in [0.25, 0.3) is 0 Å². The molecule has 0 saturated heterocycles. The maximum atomic E-state index is 5.91. The molecule has 21 heavy (non-hydrogen) atoms. The molecule has 2 nitrogen and oxygen atoms in total. The second-order valence-corrected chi connectivity index (χ2v) is 6.07. The summed E-state index contributed by atoms with van der Waals surface area (Å²) in [5.74, 6) is 0.802. The van der Waals surface area contributed by atoms with E-state index in [9.17, 15) is 0 Å². The van der Waals surface area contributed by atoms with Crippen LogP contribution in [0.4, 0.5) is 0 Å². The van der Waals surface area contributed by atoms with Gasteiger partial charge < -0.3 is 10.1 Å². The molecular formula is C17H19BrClNO. The molecule has 0 fully saturated rings. The zero-order valence-electron chi connectivity index (χ0n) is 12.0. The first-order valence-electron chi connectivity index (χ1n) is 7.05. The predicted octanol–water partition coefficient (Wildman–Crippen LogP) is 4.83. The van der Waals surface area contributed by atoms with E-state index in [2.05, 4.69) is 52.4 Å². The number of benzene rings is 2. The van der Waals surface area contributed by atoms with Gasteiger partial charge in [0.15, 0.2) is 0 Å². The van der Waals surface area contributed by atoms with Gasteiger partial charge in [-0.25, -0.2) is 0 Å². The van der Waals surface area contributed by atoms with Gasteiger partial charge in [-0.15, -0.1) is 0 Å². The van der Waals surface area contributed by atoms with Crippen molar-refractivity contribution in [3.8, 4) is 5.75 Å². The van der Waals surface area contributed by atoms with Gasteiger partial charge in [-0.3, -0.25) is 0 Å². The van der Waals surface area contributed by atoms with Crippen molar-refractivity contribution in [3.05, 3.63) is 63.1 Å². The average Bonchev–Trinajstić information content (AvgIpc) is 2.48. The number of hydrogen-bond donors (Lipinski definition) is 1. The maximum absolute atomic E-state index is 5.91. The van der Waals surface area contributed by atoms with E-state index in [1.807, 2.05) is 18.2 Å². The zero-order valence-corrected chi connectivity index (χ0v) is 14.4. The van der Waals surface area contributed by atoms with Crippen molar-refractivity contribution in [1.29, 1.82) is 0 Å². The van der Waals surface area contributed by atoms with Gasteiger partial charge in [0.25, 0.3) is 0 Å². The predicted molar refractivity (Wildman–Crippen MR) is 92.2 cm³/mol. The number of halogens is 2. The third-order valence-electron chi connectivity index (χ3n) is 3.15. The number of likely N-dealkylation sites (N-methyl/N-ethyl adjacent to an activating group) is 1. The molecule has 0 aliphatic carbocycles. The highest BCUT2D eigenvalue weighted by Gasteiger charge is 2.02. The summed E-state index contributed by atoms with van der Waals surface area (Å²) in [5.41, 5.74) is 2.50. The molecule has 0 atom stereocenters. The second-order valence-electron chi connectivity index (χ2n) is 4.78. The Morgan fingerprint density at radius 2 is 1.81 bits per heavy atom. The topological polar surface area (TPSA) is 21.3 Å². The van der Waals surface area contributed by atoms with Crippen LogP contribution in [0.3, 0.4) is 0 Å². The standard InChI is InChI=1S/C17H19BrClNO/c1-2-20-10-9-13-3-5-14(6-4-13)12-21-17-8-7-15(19)11-16(17)18/h3-8,11,20H,2,9-10,12H2,1H3. The van der Waals surface area contributed by atoms with Crippen LogP contribution in [0.1, 0.15) is 18.1 Å². The van der Waals surface area contributed by atoms with Gasteiger partial charge >= 0.3 is 0 Å². The van der Waals surface area contributed by atoms with E-state index in [1.54, 1.807) is 0 Å². The molecule has 4 heteroatoms. The molecule has 0 heterocycles. The molecule has 0 aliphatic heterocycles. The summed E-state index contributed by atoms with van der Waals surface area (Å²) in [6.07, 6.45) is 1.05. The molecule has 112 valence electrons.